The molecule has 2 amide bonds. The molecule has 1 heterocycles. The molecule has 0 atom stereocenters. The van der Waals surface area contributed by atoms with Gasteiger partial charge in [0.1, 0.15) is 0 Å². The van der Waals surface area contributed by atoms with E-state index in [1.54, 1.807) is 0 Å². The predicted molar refractivity (Wildman–Crippen MR) is 61.2 cm³/mol. The van der Waals surface area contributed by atoms with Gasteiger partial charge in [-0.25, -0.2) is 0 Å². The number of hydrogen-bond donors (Lipinski definition) is 2. The highest BCUT2D eigenvalue weighted by Gasteiger charge is 2.30. The Morgan fingerprint density at radius 1 is 1.18 bits per heavy atom. The zero-order valence-electron chi connectivity index (χ0n) is 10.4. The Morgan fingerprint density at radius 2 is 1.82 bits per heavy atom. The first-order valence-corrected chi connectivity index (χ1v) is 5.81. The lowest BCUT2D eigenvalue weighted by Gasteiger charge is -2.22. The fraction of sp³-hybridized carbons (Fsp3) is 0.818. The number of rotatable bonds is 6. The molecule has 0 aromatic carbocycles. The third-order valence-electron chi connectivity index (χ3n) is 2.53. The van der Waals surface area contributed by atoms with E-state index in [9.17, 15) is 9.59 Å². The van der Waals surface area contributed by atoms with Crippen LogP contribution in [0, 0.1) is 0 Å². The van der Waals surface area contributed by atoms with Crippen LogP contribution in [0.5, 0.6) is 0 Å². The summed E-state index contributed by atoms with van der Waals surface area (Å²) in [4.78, 5) is 21.9. The molecule has 2 N–H and O–H groups in total. The van der Waals surface area contributed by atoms with Gasteiger partial charge in [0.15, 0.2) is 5.79 Å². The molecule has 0 aliphatic carbocycles. The minimum atomic E-state index is -0.565. The summed E-state index contributed by atoms with van der Waals surface area (Å²) in [6, 6.07) is 0. The molecule has 0 bridgehead atoms. The number of ether oxygens (including phenoxy) is 2. The van der Waals surface area contributed by atoms with E-state index < -0.39 is 5.79 Å². The third kappa shape index (κ3) is 5.65. The fourth-order valence-corrected chi connectivity index (χ4v) is 1.57. The molecule has 98 valence electrons. The summed E-state index contributed by atoms with van der Waals surface area (Å²) in [6.07, 6.45) is 0.914. The predicted octanol–water partition coefficient (Wildman–Crippen LogP) is -0.218. The van der Waals surface area contributed by atoms with E-state index in [0.717, 1.165) is 0 Å². The van der Waals surface area contributed by atoms with E-state index in [1.807, 2.05) is 6.92 Å². The lowest BCUT2D eigenvalue weighted by molar-refractivity contribution is -0.146. The summed E-state index contributed by atoms with van der Waals surface area (Å²) in [5, 5.41) is 5.32. The molecule has 0 spiro atoms. The molecular formula is C11H20N2O4. The van der Waals surface area contributed by atoms with E-state index in [-0.39, 0.29) is 18.2 Å². The fourth-order valence-electron chi connectivity index (χ4n) is 1.57. The molecule has 0 saturated carbocycles. The molecule has 1 aliphatic heterocycles. The highest BCUT2D eigenvalue weighted by molar-refractivity contribution is 5.77. The Balaban J connectivity index is 2.05. The van der Waals surface area contributed by atoms with Gasteiger partial charge in [0, 0.05) is 32.9 Å². The maximum Gasteiger partial charge on any atom is 0.221 e. The van der Waals surface area contributed by atoms with Crippen LogP contribution in [0.25, 0.3) is 0 Å². The van der Waals surface area contributed by atoms with E-state index in [2.05, 4.69) is 10.6 Å². The summed E-state index contributed by atoms with van der Waals surface area (Å²) in [5.41, 5.74) is 0. The lowest BCUT2D eigenvalue weighted by Crippen LogP contribution is -2.35. The molecule has 0 unspecified atom stereocenters. The van der Waals surface area contributed by atoms with Crippen molar-refractivity contribution in [1.82, 2.24) is 10.6 Å². The molecule has 1 rings (SSSR count). The SMILES string of the molecule is CC(=O)NCCC(=O)NCCC1(C)OCCO1. The Labute approximate surface area is 101 Å². The zero-order chi connectivity index (χ0) is 12.7. The van der Waals surface area contributed by atoms with Crippen LogP contribution >= 0.6 is 0 Å². The highest BCUT2D eigenvalue weighted by Crippen LogP contribution is 2.21. The van der Waals surface area contributed by atoms with Crippen LogP contribution in [-0.4, -0.2) is 43.9 Å². The van der Waals surface area contributed by atoms with Crippen LogP contribution in [0.2, 0.25) is 0 Å². The quantitative estimate of drug-likeness (QED) is 0.677. The molecular weight excluding hydrogens is 224 g/mol. The van der Waals surface area contributed by atoms with Crippen molar-refractivity contribution in [2.24, 2.45) is 0 Å². The van der Waals surface area contributed by atoms with Crippen molar-refractivity contribution in [3.05, 3.63) is 0 Å². The smallest absolute Gasteiger partial charge is 0.221 e. The molecule has 6 heteroatoms. The number of hydrogen-bond acceptors (Lipinski definition) is 4. The van der Waals surface area contributed by atoms with Gasteiger partial charge >= 0.3 is 0 Å². The van der Waals surface area contributed by atoms with Crippen LogP contribution in [-0.2, 0) is 19.1 Å². The highest BCUT2D eigenvalue weighted by atomic mass is 16.7. The average Bonchev–Trinajstić information content (AvgIpc) is 2.65. The molecule has 0 aromatic heterocycles. The van der Waals surface area contributed by atoms with Gasteiger partial charge in [-0.15, -0.1) is 0 Å². The maximum absolute atomic E-state index is 11.4. The summed E-state index contributed by atoms with van der Waals surface area (Å²) < 4.78 is 10.8. The molecule has 1 fully saturated rings. The van der Waals surface area contributed by atoms with Gasteiger partial charge in [0.05, 0.1) is 13.2 Å². The standard InChI is InChI=1S/C11H20N2O4/c1-9(14)12-5-3-10(15)13-6-4-11(2)16-7-8-17-11/h3-8H2,1-2H3,(H,12,14)(H,13,15). The van der Waals surface area contributed by atoms with Crippen molar-refractivity contribution in [3.8, 4) is 0 Å². The molecule has 0 aromatic rings. The summed E-state index contributed by atoms with van der Waals surface area (Å²) in [5.74, 6) is -0.774. The average molecular weight is 244 g/mol. The number of amides is 2. The first kappa shape index (κ1) is 13.9. The topological polar surface area (TPSA) is 76.7 Å². The van der Waals surface area contributed by atoms with Gasteiger partial charge in [0.2, 0.25) is 11.8 Å². The molecule has 0 radical (unpaired) electrons. The van der Waals surface area contributed by atoms with Gasteiger partial charge < -0.3 is 20.1 Å². The second-order valence-corrected chi connectivity index (χ2v) is 4.16. The minimum absolute atomic E-state index is 0.0830. The van der Waals surface area contributed by atoms with Crippen LogP contribution in [0.15, 0.2) is 0 Å². The van der Waals surface area contributed by atoms with Gasteiger partial charge in [-0.2, -0.15) is 0 Å². The van der Waals surface area contributed by atoms with Crippen LogP contribution in [0.1, 0.15) is 26.7 Å². The first-order valence-electron chi connectivity index (χ1n) is 5.81. The van der Waals surface area contributed by atoms with Gasteiger partial charge in [-0.05, 0) is 6.92 Å². The van der Waals surface area contributed by atoms with Crippen molar-refractivity contribution in [2.75, 3.05) is 26.3 Å². The lowest BCUT2D eigenvalue weighted by atomic mass is 10.2. The van der Waals surface area contributed by atoms with E-state index >= 15 is 0 Å². The van der Waals surface area contributed by atoms with Crippen molar-refractivity contribution >= 4 is 11.8 Å². The van der Waals surface area contributed by atoms with E-state index in [4.69, 9.17) is 9.47 Å². The summed E-state index contributed by atoms with van der Waals surface area (Å²) in [7, 11) is 0. The molecule has 1 aliphatic rings. The van der Waals surface area contributed by atoms with Crippen LogP contribution < -0.4 is 10.6 Å². The Hall–Kier alpha value is -1.14. The zero-order valence-corrected chi connectivity index (χ0v) is 10.4. The number of carbonyl (C=O) groups is 2. The largest absolute Gasteiger partial charge is 0.356 e. The van der Waals surface area contributed by atoms with Gasteiger partial charge in [-0.1, -0.05) is 0 Å². The van der Waals surface area contributed by atoms with Crippen molar-refractivity contribution < 1.29 is 19.1 Å². The Morgan fingerprint density at radius 3 is 2.41 bits per heavy atom. The normalized spacial score (nSPS) is 17.8. The first-order chi connectivity index (χ1) is 8.02. The molecule has 17 heavy (non-hydrogen) atoms. The molecule has 1 saturated heterocycles. The Bertz CT molecular complexity index is 275. The summed E-state index contributed by atoms with van der Waals surface area (Å²) >= 11 is 0. The monoisotopic (exact) mass is 244 g/mol. The summed E-state index contributed by atoms with van der Waals surface area (Å²) in [6.45, 7) is 5.37. The van der Waals surface area contributed by atoms with Crippen LogP contribution in [0.3, 0.4) is 0 Å². The van der Waals surface area contributed by atoms with Crippen LogP contribution in [0.4, 0.5) is 0 Å². The second kappa shape index (κ2) is 6.56. The Kier molecular flexibility index (Phi) is 5.37. The van der Waals surface area contributed by atoms with Crippen molar-refractivity contribution in [1.29, 1.82) is 0 Å². The number of nitrogens with one attached hydrogen (secondary N) is 2. The van der Waals surface area contributed by atoms with Gasteiger partial charge in [-0.3, -0.25) is 9.59 Å². The van der Waals surface area contributed by atoms with E-state index in [1.165, 1.54) is 6.92 Å². The third-order valence-corrected chi connectivity index (χ3v) is 2.53. The van der Waals surface area contributed by atoms with Gasteiger partial charge in [0.25, 0.3) is 0 Å². The molecule has 6 nitrogen and oxygen atoms in total. The second-order valence-electron chi connectivity index (χ2n) is 4.16. The minimum Gasteiger partial charge on any atom is -0.356 e. The van der Waals surface area contributed by atoms with E-state index in [0.29, 0.717) is 32.7 Å². The number of carbonyl (C=O) groups excluding carboxylic acids is 2. The maximum atomic E-state index is 11.4. The van der Waals surface area contributed by atoms with Crippen molar-refractivity contribution in [3.63, 3.8) is 0 Å². The van der Waals surface area contributed by atoms with Crippen molar-refractivity contribution in [2.45, 2.75) is 32.5 Å².